The fourth-order valence-electron chi connectivity index (χ4n) is 2.60. The third kappa shape index (κ3) is 4.25. The number of nitrogens with one attached hydrogen (secondary N) is 1. The Morgan fingerprint density at radius 2 is 2.12 bits per heavy atom. The van der Waals surface area contributed by atoms with Crippen LogP contribution in [0.2, 0.25) is 0 Å². The highest BCUT2D eigenvalue weighted by atomic mass is 16.6. The predicted octanol–water partition coefficient (Wildman–Crippen LogP) is 3.77. The maximum Gasteiger partial charge on any atom is 0.270 e. The predicted molar refractivity (Wildman–Crippen MR) is 92.0 cm³/mol. The van der Waals surface area contributed by atoms with Crippen molar-refractivity contribution < 1.29 is 14.4 Å². The zero-order valence-corrected chi connectivity index (χ0v) is 13.5. The van der Waals surface area contributed by atoms with Crippen molar-refractivity contribution in [2.45, 2.75) is 18.9 Å². The molecule has 0 amide bonds. The number of benzene rings is 2. The first-order valence-corrected chi connectivity index (χ1v) is 7.96. The lowest BCUT2D eigenvalue weighted by Crippen LogP contribution is -2.16. The second-order valence-electron chi connectivity index (χ2n) is 5.69. The van der Waals surface area contributed by atoms with Crippen molar-refractivity contribution in [3.63, 3.8) is 0 Å². The van der Waals surface area contributed by atoms with Crippen molar-refractivity contribution in [2.75, 3.05) is 18.5 Å². The molecule has 1 aliphatic heterocycles. The first kappa shape index (κ1) is 16.7. The fourth-order valence-corrected chi connectivity index (χ4v) is 2.60. The summed E-state index contributed by atoms with van der Waals surface area (Å²) in [5.41, 5.74) is 1.38. The number of non-ortho nitro benzene ring substituents is 1. The van der Waals surface area contributed by atoms with E-state index in [0.29, 0.717) is 12.3 Å². The molecule has 7 nitrogen and oxygen atoms in total. The zero-order valence-electron chi connectivity index (χ0n) is 13.5. The van der Waals surface area contributed by atoms with Gasteiger partial charge in [-0.2, -0.15) is 5.26 Å². The third-order valence-electron chi connectivity index (χ3n) is 3.93. The molecule has 2 aromatic carbocycles. The molecular weight excluding hydrogens is 322 g/mol. The standard InChI is InChI=1S/C18H17N3O4/c19-11-13-10-15(21(22)23)5-8-18(13)20-14-3-6-16(7-4-14)25-12-17-2-1-9-24-17/h3-8,10,17,20H,1-2,9,12H2/t17-/m0/s1. The lowest BCUT2D eigenvalue weighted by Gasteiger charge is -2.12. The van der Waals surface area contributed by atoms with Gasteiger partial charge in [-0.3, -0.25) is 10.1 Å². The molecule has 0 saturated carbocycles. The van der Waals surface area contributed by atoms with Crippen LogP contribution in [0.1, 0.15) is 18.4 Å². The Balaban J connectivity index is 1.65. The summed E-state index contributed by atoms with van der Waals surface area (Å²) in [6.45, 7) is 1.33. The molecule has 1 aliphatic rings. The SMILES string of the molecule is N#Cc1cc([N+](=O)[O-])ccc1Nc1ccc(OC[C@@H]2CCCO2)cc1. The van der Waals surface area contributed by atoms with Gasteiger partial charge < -0.3 is 14.8 Å². The van der Waals surface area contributed by atoms with Crippen LogP contribution in [-0.2, 0) is 4.74 Å². The van der Waals surface area contributed by atoms with E-state index in [-0.39, 0.29) is 17.4 Å². The smallest absolute Gasteiger partial charge is 0.270 e. The van der Waals surface area contributed by atoms with Crippen LogP contribution in [0.5, 0.6) is 5.75 Å². The van der Waals surface area contributed by atoms with Crippen LogP contribution in [0.3, 0.4) is 0 Å². The molecule has 25 heavy (non-hydrogen) atoms. The van der Waals surface area contributed by atoms with Gasteiger partial charge in [0.05, 0.1) is 22.3 Å². The van der Waals surface area contributed by atoms with Crippen molar-refractivity contribution in [1.82, 2.24) is 0 Å². The number of nitro benzene ring substituents is 1. The molecule has 0 radical (unpaired) electrons. The minimum atomic E-state index is -0.523. The molecular formula is C18H17N3O4. The van der Waals surface area contributed by atoms with E-state index in [4.69, 9.17) is 9.47 Å². The molecule has 1 saturated heterocycles. The van der Waals surface area contributed by atoms with E-state index in [0.717, 1.165) is 30.9 Å². The molecule has 1 N–H and O–H groups in total. The molecule has 1 fully saturated rings. The lowest BCUT2D eigenvalue weighted by atomic mass is 10.1. The van der Waals surface area contributed by atoms with Crippen molar-refractivity contribution in [1.29, 1.82) is 5.26 Å². The number of rotatable bonds is 6. The van der Waals surface area contributed by atoms with E-state index in [1.807, 2.05) is 30.3 Å². The fraction of sp³-hybridized carbons (Fsp3) is 0.278. The quantitative estimate of drug-likeness (QED) is 0.635. The van der Waals surface area contributed by atoms with Crippen LogP contribution in [0.25, 0.3) is 0 Å². The number of hydrogen-bond donors (Lipinski definition) is 1. The van der Waals surface area contributed by atoms with Gasteiger partial charge in [-0.15, -0.1) is 0 Å². The van der Waals surface area contributed by atoms with Crippen LogP contribution in [0.4, 0.5) is 17.1 Å². The van der Waals surface area contributed by atoms with Gasteiger partial charge in [-0.1, -0.05) is 0 Å². The zero-order chi connectivity index (χ0) is 17.6. The molecule has 1 atom stereocenters. The molecule has 1 heterocycles. The molecule has 128 valence electrons. The van der Waals surface area contributed by atoms with Gasteiger partial charge in [0, 0.05) is 24.4 Å². The molecule has 2 aromatic rings. The van der Waals surface area contributed by atoms with Gasteiger partial charge >= 0.3 is 0 Å². The molecule has 3 rings (SSSR count). The largest absolute Gasteiger partial charge is 0.491 e. The van der Waals surface area contributed by atoms with Gasteiger partial charge in [-0.25, -0.2) is 0 Å². The Morgan fingerprint density at radius 3 is 2.76 bits per heavy atom. The topological polar surface area (TPSA) is 97.4 Å². The lowest BCUT2D eigenvalue weighted by molar-refractivity contribution is -0.384. The average Bonchev–Trinajstić information content (AvgIpc) is 3.15. The molecule has 0 aromatic heterocycles. The molecule has 7 heteroatoms. The van der Waals surface area contributed by atoms with E-state index in [9.17, 15) is 15.4 Å². The minimum Gasteiger partial charge on any atom is -0.491 e. The summed E-state index contributed by atoms with van der Waals surface area (Å²) in [4.78, 5) is 10.3. The first-order valence-electron chi connectivity index (χ1n) is 7.96. The summed E-state index contributed by atoms with van der Waals surface area (Å²) in [6, 6.07) is 13.4. The third-order valence-corrected chi connectivity index (χ3v) is 3.93. The van der Waals surface area contributed by atoms with Crippen LogP contribution in [-0.4, -0.2) is 24.2 Å². The Morgan fingerprint density at radius 1 is 1.32 bits per heavy atom. The summed E-state index contributed by atoms with van der Waals surface area (Å²) in [7, 11) is 0. The summed E-state index contributed by atoms with van der Waals surface area (Å²) >= 11 is 0. The highest BCUT2D eigenvalue weighted by molar-refractivity contribution is 5.68. The molecule has 0 bridgehead atoms. The highest BCUT2D eigenvalue weighted by Gasteiger charge is 2.16. The molecule has 0 unspecified atom stereocenters. The number of ether oxygens (including phenoxy) is 2. The Hall–Kier alpha value is -3.11. The van der Waals surface area contributed by atoms with E-state index in [2.05, 4.69) is 5.32 Å². The first-order chi connectivity index (χ1) is 12.2. The second kappa shape index (κ2) is 7.64. The number of nitriles is 1. The number of anilines is 2. The van der Waals surface area contributed by atoms with E-state index >= 15 is 0 Å². The van der Waals surface area contributed by atoms with Gasteiger partial charge in [0.15, 0.2) is 0 Å². The van der Waals surface area contributed by atoms with Crippen molar-refractivity contribution >= 4 is 17.1 Å². The van der Waals surface area contributed by atoms with Crippen molar-refractivity contribution in [3.8, 4) is 11.8 Å². The van der Waals surface area contributed by atoms with Crippen LogP contribution in [0, 0.1) is 21.4 Å². The summed E-state index contributed by atoms with van der Waals surface area (Å²) in [6.07, 6.45) is 2.26. The van der Waals surface area contributed by atoms with Gasteiger partial charge in [-0.05, 0) is 43.2 Å². The maximum absolute atomic E-state index is 10.8. The Kier molecular flexibility index (Phi) is 5.11. The average molecular weight is 339 g/mol. The number of nitro groups is 1. The van der Waals surface area contributed by atoms with Gasteiger partial charge in [0.2, 0.25) is 0 Å². The number of nitrogens with zero attached hydrogens (tertiary/aromatic N) is 2. The van der Waals surface area contributed by atoms with Crippen molar-refractivity contribution in [2.24, 2.45) is 0 Å². The van der Waals surface area contributed by atoms with Gasteiger partial charge in [0.1, 0.15) is 18.4 Å². The summed E-state index contributed by atoms with van der Waals surface area (Å²) in [5, 5.41) is 23.1. The van der Waals surface area contributed by atoms with E-state index < -0.39 is 4.92 Å². The Labute approximate surface area is 144 Å². The molecule has 0 spiro atoms. The summed E-state index contributed by atoms with van der Waals surface area (Å²) < 4.78 is 11.2. The molecule has 0 aliphatic carbocycles. The van der Waals surface area contributed by atoms with E-state index in [1.165, 1.54) is 18.2 Å². The highest BCUT2D eigenvalue weighted by Crippen LogP contribution is 2.26. The monoisotopic (exact) mass is 339 g/mol. The van der Waals surface area contributed by atoms with Crippen molar-refractivity contribution in [3.05, 3.63) is 58.1 Å². The second-order valence-corrected chi connectivity index (χ2v) is 5.69. The van der Waals surface area contributed by atoms with E-state index in [1.54, 1.807) is 0 Å². The van der Waals surface area contributed by atoms with Gasteiger partial charge in [0.25, 0.3) is 5.69 Å². The number of hydrogen-bond acceptors (Lipinski definition) is 6. The Bertz CT molecular complexity index is 793. The summed E-state index contributed by atoms with van der Waals surface area (Å²) in [5.74, 6) is 0.741. The van der Waals surface area contributed by atoms with Crippen LogP contribution < -0.4 is 10.1 Å². The van der Waals surface area contributed by atoms with Crippen LogP contribution >= 0.6 is 0 Å². The maximum atomic E-state index is 10.8. The van der Waals surface area contributed by atoms with Crippen LogP contribution in [0.15, 0.2) is 42.5 Å². The minimum absolute atomic E-state index is 0.111. The normalized spacial score (nSPS) is 16.2.